The number of aryl methyl sites for hydroxylation is 1. The third kappa shape index (κ3) is 4.17. The predicted molar refractivity (Wildman–Crippen MR) is 92.8 cm³/mol. The number of aromatic nitrogens is 4. The summed E-state index contributed by atoms with van der Waals surface area (Å²) in [6.45, 7) is 0. The van der Waals surface area contributed by atoms with E-state index in [-0.39, 0.29) is 12.3 Å². The van der Waals surface area contributed by atoms with Crippen LogP contribution in [-0.2, 0) is 11.8 Å². The number of rotatable bonds is 5. The molecule has 0 fully saturated rings. The molecule has 0 saturated carbocycles. The highest BCUT2D eigenvalue weighted by atomic mass is 16.1. The van der Waals surface area contributed by atoms with Crippen molar-refractivity contribution in [1.82, 2.24) is 19.7 Å². The molecule has 0 aliphatic carbocycles. The van der Waals surface area contributed by atoms with Gasteiger partial charge in [-0.1, -0.05) is 12.1 Å². The van der Waals surface area contributed by atoms with E-state index in [4.69, 9.17) is 5.26 Å². The molecule has 3 aromatic rings. The van der Waals surface area contributed by atoms with Gasteiger partial charge in [-0.15, -0.1) is 0 Å². The van der Waals surface area contributed by atoms with Crippen molar-refractivity contribution in [1.29, 1.82) is 5.26 Å². The lowest BCUT2D eigenvalue weighted by Gasteiger charge is -2.07. The second kappa shape index (κ2) is 7.23. The van der Waals surface area contributed by atoms with Crippen molar-refractivity contribution in [2.24, 2.45) is 7.05 Å². The second-order valence-electron chi connectivity index (χ2n) is 5.28. The number of anilines is 3. The zero-order valence-electron chi connectivity index (χ0n) is 13.5. The van der Waals surface area contributed by atoms with Gasteiger partial charge in [0.2, 0.25) is 5.91 Å². The molecule has 2 heterocycles. The molecule has 0 spiro atoms. The summed E-state index contributed by atoms with van der Waals surface area (Å²) < 4.78 is 1.69. The molecular weight excluding hydrogens is 318 g/mol. The van der Waals surface area contributed by atoms with Crippen molar-refractivity contribution in [3.8, 4) is 17.3 Å². The van der Waals surface area contributed by atoms with E-state index in [1.165, 1.54) is 6.33 Å². The molecule has 1 amide bonds. The van der Waals surface area contributed by atoms with E-state index in [0.717, 1.165) is 11.3 Å². The van der Waals surface area contributed by atoms with Gasteiger partial charge in [-0.2, -0.15) is 10.4 Å². The van der Waals surface area contributed by atoms with Crippen LogP contribution >= 0.6 is 0 Å². The van der Waals surface area contributed by atoms with E-state index < -0.39 is 0 Å². The lowest BCUT2D eigenvalue weighted by molar-refractivity contribution is -0.115. The largest absolute Gasteiger partial charge is 0.338 e. The number of amides is 1. The summed E-state index contributed by atoms with van der Waals surface area (Å²) in [5.74, 6) is 0.290. The Morgan fingerprint density at radius 2 is 2.16 bits per heavy atom. The van der Waals surface area contributed by atoms with Crippen molar-refractivity contribution in [2.75, 3.05) is 10.6 Å². The van der Waals surface area contributed by atoms with Gasteiger partial charge in [-0.05, 0) is 12.1 Å². The summed E-state index contributed by atoms with van der Waals surface area (Å²) in [6, 6.07) is 10.9. The third-order valence-corrected chi connectivity index (χ3v) is 3.33. The van der Waals surface area contributed by atoms with Gasteiger partial charge in [0.15, 0.2) is 0 Å². The van der Waals surface area contributed by atoms with Gasteiger partial charge in [0, 0.05) is 30.6 Å². The van der Waals surface area contributed by atoms with Gasteiger partial charge in [0.25, 0.3) is 0 Å². The molecule has 2 aromatic heterocycles. The summed E-state index contributed by atoms with van der Waals surface area (Å²) in [5, 5.41) is 18.5. The van der Waals surface area contributed by atoms with Crippen LogP contribution in [0.3, 0.4) is 0 Å². The quantitative estimate of drug-likeness (QED) is 0.742. The lowest BCUT2D eigenvalue weighted by Crippen LogP contribution is -2.09. The molecule has 0 aliphatic heterocycles. The second-order valence-corrected chi connectivity index (χ2v) is 5.28. The van der Waals surface area contributed by atoms with Crippen LogP contribution < -0.4 is 10.6 Å². The topological polar surface area (TPSA) is 109 Å². The average molecular weight is 333 g/mol. The monoisotopic (exact) mass is 333 g/mol. The first-order valence-electron chi connectivity index (χ1n) is 7.49. The molecule has 0 saturated heterocycles. The minimum atomic E-state index is -0.346. The molecule has 0 bridgehead atoms. The Morgan fingerprint density at radius 3 is 2.92 bits per heavy atom. The van der Waals surface area contributed by atoms with Crippen LogP contribution in [0.25, 0.3) is 11.3 Å². The minimum Gasteiger partial charge on any atom is -0.338 e. The molecule has 3 rings (SSSR count). The average Bonchev–Trinajstić information content (AvgIpc) is 3.00. The zero-order chi connectivity index (χ0) is 17.6. The highest BCUT2D eigenvalue weighted by Gasteiger charge is 2.06. The van der Waals surface area contributed by atoms with Crippen LogP contribution in [0.2, 0.25) is 0 Å². The summed E-state index contributed by atoms with van der Waals surface area (Å²) in [4.78, 5) is 20.0. The summed E-state index contributed by atoms with van der Waals surface area (Å²) in [5.41, 5.74) is 2.96. The van der Waals surface area contributed by atoms with E-state index >= 15 is 0 Å². The van der Waals surface area contributed by atoms with Crippen molar-refractivity contribution in [2.45, 2.75) is 6.42 Å². The molecule has 0 radical (unpaired) electrons. The maximum atomic E-state index is 11.5. The number of nitrogens with one attached hydrogen (secondary N) is 2. The number of hydrogen-bond donors (Lipinski definition) is 2. The van der Waals surface area contributed by atoms with Gasteiger partial charge < -0.3 is 10.6 Å². The Morgan fingerprint density at radius 1 is 1.28 bits per heavy atom. The molecule has 8 heteroatoms. The van der Waals surface area contributed by atoms with Gasteiger partial charge in [-0.3, -0.25) is 9.48 Å². The van der Waals surface area contributed by atoms with E-state index in [1.54, 1.807) is 23.0 Å². The van der Waals surface area contributed by atoms with Crippen molar-refractivity contribution >= 4 is 23.1 Å². The fourth-order valence-electron chi connectivity index (χ4n) is 2.25. The molecule has 2 N–H and O–H groups in total. The van der Waals surface area contributed by atoms with E-state index in [9.17, 15) is 4.79 Å². The minimum absolute atomic E-state index is 0.184. The van der Waals surface area contributed by atoms with Crippen LogP contribution in [0.4, 0.5) is 17.2 Å². The Bertz CT molecular complexity index is 942. The molecule has 25 heavy (non-hydrogen) atoms. The van der Waals surface area contributed by atoms with Gasteiger partial charge in [-0.25, -0.2) is 9.97 Å². The van der Waals surface area contributed by atoms with Crippen molar-refractivity contribution < 1.29 is 4.79 Å². The Balaban J connectivity index is 1.81. The molecule has 0 aliphatic rings. The number of carbonyl (C=O) groups excluding carboxylic acids is 1. The number of nitriles is 1. The fourth-order valence-corrected chi connectivity index (χ4v) is 2.25. The fraction of sp³-hybridized carbons (Fsp3) is 0.118. The first kappa shape index (κ1) is 16.1. The predicted octanol–water partition coefficient (Wildman–Crippen LogP) is 2.47. The maximum absolute atomic E-state index is 11.5. The summed E-state index contributed by atoms with van der Waals surface area (Å²) >= 11 is 0. The molecule has 124 valence electrons. The molecule has 1 aromatic carbocycles. The molecule has 8 nitrogen and oxygen atoms in total. The highest BCUT2D eigenvalue weighted by Crippen LogP contribution is 2.23. The van der Waals surface area contributed by atoms with E-state index in [0.29, 0.717) is 17.2 Å². The molecule has 0 unspecified atom stereocenters. The maximum Gasteiger partial charge on any atom is 0.238 e. The number of benzene rings is 1. The Hall–Kier alpha value is -3.73. The van der Waals surface area contributed by atoms with Crippen LogP contribution in [0.15, 0.2) is 49.1 Å². The normalized spacial score (nSPS) is 10.1. The number of nitrogens with zero attached hydrogens (tertiary/aromatic N) is 5. The first-order chi connectivity index (χ1) is 12.1. The number of carbonyl (C=O) groups is 1. The van der Waals surface area contributed by atoms with Crippen molar-refractivity contribution in [3.63, 3.8) is 0 Å². The zero-order valence-corrected chi connectivity index (χ0v) is 13.5. The van der Waals surface area contributed by atoms with Crippen LogP contribution in [0.1, 0.15) is 6.42 Å². The highest BCUT2D eigenvalue weighted by molar-refractivity contribution is 5.92. The standard InChI is InChI=1S/C17H15N7O/c1-24-10-14(9-21-24)22-16-8-15(19-11-20-16)12-3-2-4-13(7-12)23-17(25)5-6-18/h2-4,7-11H,5H2,1H3,(H,23,25)(H,19,20,22). The van der Waals surface area contributed by atoms with Gasteiger partial charge >= 0.3 is 0 Å². The SMILES string of the molecule is Cn1cc(Nc2cc(-c3cccc(NC(=O)CC#N)c3)ncn2)cn1. The van der Waals surface area contributed by atoms with E-state index in [1.807, 2.05) is 37.5 Å². The van der Waals surface area contributed by atoms with Gasteiger partial charge in [0.05, 0.1) is 23.6 Å². The van der Waals surface area contributed by atoms with Crippen LogP contribution in [0, 0.1) is 11.3 Å². The summed E-state index contributed by atoms with van der Waals surface area (Å²) in [7, 11) is 1.84. The van der Waals surface area contributed by atoms with Crippen LogP contribution in [0.5, 0.6) is 0 Å². The van der Waals surface area contributed by atoms with Crippen molar-refractivity contribution in [3.05, 3.63) is 49.1 Å². The smallest absolute Gasteiger partial charge is 0.238 e. The van der Waals surface area contributed by atoms with Gasteiger partial charge in [0.1, 0.15) is 18.6 Å². The molecular formula is C17H15N7O. The number of hydrogen-bond acceptors (Lipinski definition) is 6. The Kier molecular flexibility index (Phi) is 4.67. The Labute approximate surface area is 144 Å². The van der Waals surface area contributed by atoms with Crippen LogP contribution in [-0.4, -0.2) is 25.7 Å². The molecule has 0 atom stereocenters. The van der Waals surface area contributed by atoms with E-state index in [2.05, 4.69) is 25.7 Å². The third-order valence-electron chi connectivity index (χ3n) is 3.33. The summed E-state index contributed by atoms with van der Waals surface area (Å²) in [6.07, 6.45) is 4.83. The lowest BCUT2D eigenvalue weighted by atomic mass is 10.1. The first-order valence-corrected chi connectivity index (χ1v) is 7.49.